The third kappa shape index (κ3) is 4.23. The number of carbonyl (C=O) groups is 2. The molecule has 1 aliphatic heterocycles. The van der Waals surface area contributed by atoms with Crippen molar-refractivity contribution in [3.8, 4) is 17.1 Å². The number of carboxylic acids is 1. The van der Waals surface area contributed by atoms with Gasteiger partial charge in [-0.25, -0.2) is 4.79 Å². The molecule has 3 aromatic rings. The third-order valence-electron chi connectivity index (χ3n) is 5.61. The second kappa shape index (κ2) is 9.16. The molecular formula is C23H25N3O5. The van der Waals surface area contributed by atoms with E-state index in [-0.39, 0.29) is 5.56 Å². The number of ether oxygens (including phenoxy) is 1. The lowest BCUT2D eigenvalue weighted by Gasteiger charge is -2.21. The van der Waals surface area contributed by atoms with E-state index in [1.165, 1.54) is 12.3 Å². The lowest BCUT2D eigenvalue weighted by molar-refractivity contribution is -0.107. The SMILES string of the molecule is O=CCCCCCCCOc1cccc2c3n(nc12)CCn1cc(C(=O)O)c(=O)cc1-3. The molecule has 0 saturated carbocycles. The van der Waals surface area contributed by atoms with Gasteiger partial charge in [-0.2, -0.15) is 5.10 Å². The largest absolute Gasteiger partial charge is 0.491 e. The summed E-state index contributed by atoms with van der Waals surface area (Å²) < 4.78 is 9.67. The van der Waals surface area contributed by atoms with Crippen molar-refractivity contribution in [3.63, 3.8) is 0 Å². The number of unbranched alkanes of at least 4 members (excludes halogenated alkanes) is 5. The molecule has 0 bridgehead atoms. The first kappa shape index (κ1) is 20.8. The summed E-state index contributed by atoms with van der Waals surface area (Å²) >= 11 is 0. The van der Waals surface area contributed by atoms with Crippen LogP contribution in [0.3, 0.4) is 0 Å². The summed E-state index contributed by atoms with van der Waals surface area (Å²) in [5.74, 6) is -0.514. The van der Waals surface area contributed by atoms with Crippen LogP contribution in [0.25, 0.3) is 22.3 Å². The number of hydrogen-bond donors (Lipinski definition) is 1. The van der Waals surface area contributed by atoms with Gasteiger partial charge in [0.05, 0.1) is 24.5 Å². The van der Waals surface area contributed by atoms with Crippen LogP contribution in [0.15, 0.2) is 35.3 Å². The summed E-state index contributed by atoms with van der Waals surface area (Å²) in [6.07, 6.45) is 8.09. The van der Waals surface area contributed by atoms with E-state index in [2.05, 4.69) is 0 Å². The Morgan fingerprint density at radius 1 is 1.16 bits per heavy atom. The van der Waals surface area contributed by atoms with Crippen LogP contribution in [-0.4, -0.2) is 38.3 Å². The normalized spacial score (nSPS) is 12.4. The highest BCUT2D eigenvalue weighted by molar-refractivity contribution is 5.96. The minimum absolute atomic E-state index is 0.226. The fraction of sp³-hybridized carbons (Fsp3) is 0.391. The molecular weight excluding hydrogens is 398 g/mol. The first-order valence-electron chi connectivity index (χ1n) is 10.6. The van der Waals surface area contributed by atoms with E-state index in [0.29, 0.717) is 37.6 Å². The van der Waals surface area contributed by atoms with E-state index in [9.17, 15) is 19.5 Å². The summed E-state index contributed by atoms with van der Waals surface area (Å²) in [5, 5.41) is 14.8. The number of aromatic carboxylic acids is 1. The smallest absolute Gasteiger partial charge is 0.341 e. The molecule has 0 saturated heterocycles. The molecule has 0 atom stereocenters. The number of fused-ring (bicyclic) bond motifs is 5. The first-order valence-corrected chi connectivity index (χ1v) is 10.6. The molecule has 0 amide bonds. The van der Waals surface area contributed by atoms with Gasteiger partial charge >= 0.3 is 5.97 Å². The average Bonchev–Trinajstić information content (AvgIpc) is 3.15. The molecule has 1 N–H and O–H groups in total. The van der Waals surface area contributed by atoms with Gasteiger partial charge in [-0.05, 0) is 18.9 Å². The molecule has 8 heteroatoms. The quantitative estimate of drug-likeness (QED) is 0.395. The number of aryl methyl sites for hydroxylation is 2. The number of hydrogen-bond acceptors (Lipinski definition) is 5. The van der Waals surface area contributed by atoms with Gasteiger partial charge in [-0.3, -0.25) is 9.48 Å². The van der Waals surface area contributed by atoms with Crippen LogP contribution in [0.2, 0.25) is 0 Å². The van der Waals surface area contributed by atoms with Crippen LogP contribution in [0.5, 0.6) is 5.75 Å². The van der Waals surface area contributed by atoms with Gasteiger partial charge in [0.25, 0.3) is 0 Å². The molecule has 0 fully saturated rings. The predicted molar refractivity (Wildman–Crippen MR) is 116 cm³/mol. The van der Waals surface area contributed by atoms with E-state index in [1.54, 1.807) is 4.57 Å². The number of benzene rings is 1. The number of carbonyl (C=O) groups excluding carboxylic acids is 1. The summed E-state index contributed by atoms with van der Waals surface area (Å²) in [6.45, 7) is 1.71. The molecule has 1 aliphatic rings. The molecule has 3 heterocycles. The highest BCUT2D eigenvalue weighted by Gasteiger charge is 2.24. The third-order valence-corrected chi connectivity index (χ3v) is 5.61. The molecule has 4 rings (SSSR count). The summed E-state index contributed by atoms with van der Waals surface area (Å²) in [6, 6.07) is 7.13. The van der Waals surface area contributed by atoms with Crippen molar-refractivity contribution in [1.82, 2.24) is 14.3 Å². The molecule has 31 heavy (non-hydrogen) atoms. The molecule has 0 unspecified atom stereocenters. The Hall–Kier alpha value is -3.42. The van der Waals surface area contributed by atoms with Gasteiger partial charge in [0, 0.05) is 30.6 Å². The molecule has 0 aliphatic carbocycles. The van der Waals surface area contributed by atoms with E-state index < -0.39 is 11.4 Å². The number of carboxylic acid groups (broad SMARTS) is 1. The Morgan fingerprint density at radius 3 is 2.77 bits per heavy atom. The molecule has 162 valence electrons. The first-order chi connectivity index (χ1) is 15.1. The van der Waals surface area contributed by atoms with Gasteiger partial charge in [-0.15, -0.1) is 0 Å². The van der Waals surface area contributed by atoms with E-state index >= 15 is 0 Å². The topological polar surface area (TPSA) is 103 Å². The van der Waals surface area contributed by atoms with Gasteiger partial charge in [0.15, 0.2) is 5.43 Å². The van der Waals surface area contributed by atoms with Crippen molar-refractivity contribution in [2.45, 2.75) is 51.6 Å². The van der Waals surface area contributed by atoms with Crippen LogP contribution < -0.4 is 10.2 Å². The van der Waals surface area contributed by atoms with Crippen LogP contribution >= 0.6 is 0 Å². The van der Waals surface area contributed by atoms with Crippen molar-refractivity contribution >= 4 is 23.2 Å². The lowest BCUT2D eigenvalue weighted by Crippen LogP contribution is -2.24. The molecule has 8 nitrogen and oxygen atoms in total. The van der Waals surface area contributed by atoms with E-state index in [4.69, 9.17) is 9.84 Å². The Balaban J connectivity index is 1.54. The highest BCUT2D eigenvalue weighted by atomic mass is 16.5. The van der Waals surface area contributed by atoms with Crippen molar-refractivity contribution in [3.05, 3.63) is 46.2 Å². The maximum Gasteiger partial charge on any atom is 0.341 e. The number of aldehydes is 1. The number of rotatable bonds is 10. The molecule has 1 aromatic carbocycles. The Morgan fingerprint density at radius 2 is 1.97 bits per heavy atom. The van der Waals surface area contributed by atoms with Gasteiger partial charge in [0.1, 0.15) is 23.1 Å². The minimum Gasteiger partial charge on any atom is -0.491 e. The maximum absolute atomic E-state index is 12.3. The monoisotopic (exact) mass is 423 g/mol. The van der Waals surface area contributed by atoms with Crippen molar-refractivity contribution in [2.24, 2.45) is 0 Å². The number of nitrogens with zero attached hydrogens (tertiary/aromatic N) is 3. The zero-order valence-electron chi connectivity index (χ0n) is 17.2. The van der Waals surface area contributed by atoms with Gasteiger partial charge in [0.2, 0.25) is 0 Å². The fourth-order valence-corrected chi connectivity index (χ4v) is 4.04. The van der Waals surface area contributed by atoms with Crippen LogP contribution in [0, 0.1) is 0 Å². The van der Waals surface area contributed by atoms with Gasteiger partial charge in [-0.1, -0.05) is 31.4 Å². The standard InChI is InChI=1S/C23H25N3O5/c27-12-5-3-1-2-4-6-13-31-20-9-7-8-16-21(20)24-26-11-10-25-15-17(23(29)30)19(28)14-18(25)22(16)26/h7-9,12,14-15H,1-6,10-11,13H2,(H,29,30). The Labute approximate surface area is 179 Å². The number of aromatic nitrogens is 3. The molecule has 2 aromatic heterocycles. The maximum atomic E-state index is 12.3. The van der Waals surface area contributed by atoms with Crippen molar-refractivity contribution < 1.29 is 19.4 Å². The minimum atomic E-state index is -1.22. The molecule has 0 radical (unpaired) electrons. The van der Waals surface area contributed by atoms with Crippen molar-refractivity contribution in [1.29, 1.82) is 0 Å². The zero-order chi connectivity index (χ0) is 21.8. The fourth-order valence-electron chi connectivity index (χ4n) is 4.04. The molecule has 0 spiro atoms. The Kier molecular flexibility index (Phi) is 6.16. The van der Waals surface area contributed by atoms with Crippen LogP contribution in [0.4, 0.5) is 0 Å². The van der Waals surface area contributed by atoms with Crippen LogP contribution in [0.1, 0.15) is 48.9 Å². The van der Waals surface area contributed by atoms with Crippen LogP contribution in [-0.2, 0) is 17.9 Å². The summed E-state index contributed by atoms with van der Waals surface area (Å²) in [4.78, 5) is 33.9. The lowest BCUT2D eigenvalue weighted by atomic mass is 10.1. The van der Waals surface area contributed by atoms with E-state index in [1.807, 2.05) is 22.9 Å². The summed E-state index contributed by atoms with van der Waals surface area (Å²) in [7, 11) is 0. The number of pyridine rings is 1. The summed E-state index contributed by atoms with van der Waals surface area (Å²) in [5.41, 5.74) is 1.47. The van der Waals surface area contributed by atoms with Gasteiger partial charge < -0.3 is 19.2 Å². The van der Waals surface area contributed by atoms with E-state index in [0.717, 1.165) is 55.0 Å². The Bertz CT molecular complexity index is 1180. The second-order valence-electron chi connectivity index (χ2n) is 7.73. The zero-order valence-corrected chi connectivity index (χ0v) is 17.2. The second-order valence-corrected chi connectivity index (χ2v) is 7.73. The average molecular weight is 423 g/mol. The predicted octanol–water partition coefficient (Wildman–Crippen LogP) is 3.50. The van der Waals surface area contributed by atoms with Crippen molar-refractivity contribution in [2.75, 3.05) is 6.61 Å². The highest BCUT2D eigenvalue weighted by Crippen LogP contribution is 2.35.